The van der Waals surface area contributed by atoms with Gasteiger partial charge in [0, 0.05) is 18.8 Å². The molecule has 2 aromatic rings. The largest absolute Gasteiger partial charge is 0.385 e. The van der Waals surface area contributed by atoms with E-state index in [0.717, 1.165) is 23.4 Å². The van der Waals surface area contributed by atoms with Crippen molar-refractivity contribution in [2.75, 3.05) is 17.2 Å². The minimum Gasteiger partial charge on any atom is -0.385 e. The summed E-state index contributed by atoms with van der Waals surface area (Å²) >= 11 is 3.34. The molecule has 2 N–H and O–H groups in total. The summed E-state index contributed by atoms with van der Waals surface area (Å²) in [5.41, 5.74) is 5.10. The standard InChI is InChI=1S/C15H16BrN3/c16-14-7-6-13(10-19-14)18-9-12-4-1-3-11-5-2-8-17-15(11)12/h1,3-4,6-7,10,17-18H,2,5,8-9H2. The van der Waals surface area contributed by atoms with Crippen molar-refractivity contribution in [3.8, 4) is 0 Å². The molecule has 0 bridgehead atoms. The molecule has 0 atom stereocenters. The Bertz CT molecular complexity index is 566. The van der Waals surface area contributed by atoms with E-state index in [1.54, 1.807) is 0 Å². The van der Waals surface area contributed by atoms with E-state index in [2.05, 4.69) is 49.7 Å². The first-order valence-corrected chi connectivity index (χ1v) is 7.32. The van der Waals surface area contributed by atoms with Gasteiger partial charge in [-0.15, -0.1) is 0 Å². The molecule has 1 aliphatic rings. The summed E-state index contributed by atoms with van der Waals surface area (Å²) in [6.07, 6.45) is 4.24. The number of hydrogen-bond donors (Lipinski definition) is 2. The highest BCUT2D eigenvalue weighted by Gasteiger charge is 2.11. The van der Waals surface area contributed by atoms with Crippen molar-refractivity contribution in [3.63, 3.8) is 0 Å². The van der Waals surface area contributed by atoms with Crippen LogP contribution in [-0.2, 0) is 13.0 Å². The van der Waals surface area contributed by atoms with Crippen LogP contribution in [0.4, 0.5) is 11.4 Å². The first-order valence-electron chi connectivity index (χ1n) is 6.53. The van der Waals surface area contributed by atoms with Crippen LogP contribution in [0.3, 0.4) is 0 Å². The van der Waals surface area contributed by atoms with Crippen LogP contribution in [0.1, 0.15) is 17.5 Å². The van der Waals surface area contributed by atoms with Gasteiger partial charge in [-0.05, 0) is 52.0 Å². The summed E-state index contributed by atoms with van der Waals surface area (Å²) in [6.45, 7) is 1.89. The molecule has 19 heavy (non-hydrogen) atoms. The van der Waals surface area contributed by atoms with Crippen LogP contribution in [0.2, 0.25) is 0 Å². The maximum Gasteiger partial charge on any atom is 0.106 e. The minimum absolute atomic E-state index is 0.819. The Morgan fingerprint density at radius 3 is 3.05 bits per heavy atom. The Morgan fingerprint density at radius 1 is 1.26 bits per heavy atom. The van der Waals surface area contributed by atoms with Crippen LogP contribution >= 0.6 is 15.9 Å². The van der Waals surface area contributed by atoms with Crippen molar-refractivity contribution in [3.05, 3.63) is 52.3 Å². The topological polar surface area (TPSA) is 37.0 Å². The molecule has 1 aromatic carbocycles. The zero-order valence-electron chi connectivity index (χ0n) is 10.6. The van der Waals surface area contributed by atoms with Crippen molar-refractivity contribution in [1.82, 2.24) is 4.98 Å². The van der Waals surface area contributed by atoms with Crippen molar-refractivity contribution >= 4 is 27.3 Å². The Hall–Kier alpha value is -1.55. The fourth-order valence-electron chi connectivity index (χ4n) is 2.41. The number of halogens is 1. The number of rotatable bonds is 3. The fourth-order valence-corrected chi connectivity index (χ4v) is 2.64. The lowest BCUT2D eigenvalue weighted by Crippen LogP contribution is -2.15. The van der Waals surface area contributed by atoms with Gasteiger partial charge in [0.25, 0.3) is 0 Å². The molecule has 0 saturated carbocycles. The fraction of sp³-hybridized carbons (Fsp3) is 0.267. The first-order chi connectivity index (χ1) is 9.33. The predicted octanol–water partition coefficient (Wildman–Crippen LogP) is 3.81. The van der Waals surface area contributed by atoms with Gasteiger partial charge < -0.3 is 10.6 Å². The van der Waals surface area contributed by atoms with E-state index in [1.165, 1.54) is 29.7 Å². The second-order valence-electron chi connectivity index (χ2n) is 4.70. The van der Waals surface area contributed by atoms with Crippen LogP contribution < -0.4 is 10.6 Å². The van der Waals surface area contributed by atoms with E-state index < -0.39 is 0 Å². The Balaban J connectivity index is 1.75. The van der Waals surface area contributed by atoms with Gasteiger partial charge in [0.05, 0.1) is 11.9 Å². The Labute approximate surface area is 121 Å². The summed E-state index contributed by atoms with van der Waals surface area (Å²) in [4.78, 5) is 4.22. The van der Waals surface area contributed by atoms with Gasteiger partial charge in [-0.25, -0.2) is 4.98 Å². The maximum atomic E-state index is 4.22. The number of aromatic nitrogens is 1. The van der Waals surface area contributed by atoms with Gasteiger partial charge >= 0.3 is 0 Å². The van der Waals surface area contributed by atoms with Gasteiger partial charge in [0.15, 0.2) is 0 Å². The highest BCUT2D eigenvalue weighted by atomic mass is 79.9. The second-order valence-corrected chi connectivity index (χ2v) is 5.52. The number of nitrogens with one attached hydrogen (secondary N) is 2. The number of nitrogens with zero attached hydrogens (tertiary/aromatic N) is 1. The molecule has 0 fully saturated rings. The summed E-state index contributed by atoms with van der Waals surface area (Å²) in [5.74, 6) is 0. The van der Waals surface area contributed by atoms with Crippen LogP contribution in [0, 0.1) is 0 Å². The van der Waals surface area contributed by atoms with Crippen LogP contribution in [0.5, 0.6) is 0 Å². The van der Waals surface area contributed by atoms with Crippen molar-refractivity contribution in [2.45, 2.75) is 19.4 Å². The number of para-hydroxylation sites is 1. The van der Waals surface area contributed by atoms with Crippen LogP contribution in [0.25, 0.3) is 0 Å². The second kappa shape index (κ2) is 5.61. The summed E-state index contributed by atoms with van der Waals surface area (Å²) in [7, 11) is 0. The van der Waals surface area contributed by atoms with Gasteiger partial charge in [0.1, 0.15) is 4.60 Å². The number of anilines is 2. The first kappa shape index (κ1) is 12.5. The van der Waals surface area contributed by atoms with Gasteiger partial charge in [-0.2, -0.15) is 0 Å². The van der Waals surface area contributed by atoms with Gasteiger partial charge in [-0.1, -0.05) is 18.2 Å². The molecule has 0 unspecified atom stereocenters. The Kier molecular flexibility index (Phi) is 3.69. The molecule has 0 aliphatic carbocycles. The van der Waals surface area contributed by atoms with Crippen molar-refractivity contribution in [2.24, 2.45) is 0 Å². The normalized spacial score (nSPS) is 13.5. The monoisotopic (exact) mass is 317 g/mol. The predicted molar refractivity (Wildman–Crippen MR) is 82.5 cm³/mol. The SMILES string of the molecule is Brc1ccc(NCc2cccc3c2NCCC3)cn1. The third-order valence-electron chi connectivity index (χ3n) is 3.37. The van der Waals surface area contributed by atoms with Gasteiger partial charge in [0.2, 0.25) is 0 Å². The molecule has 0 spiro atoms. The summed E-state index contributed by atoms with van der Waals surface area (Å²) in [6, 6.07) is 10.5. The van der Waals surface area contributed by atoms with Crippen molar-refractivity contribution in [1.29, 1.82) is 0 Å². The maximum absolute atomic E-state index is 4.22. The number of aryl methyl sites for hydroxylation is 1. The Morgan fingerprint density at radius 2 is 2.21 bits per heavy atom. The van der Waals surface area contributed by atoms with E-state index in [9.17, 15) is 0 Å². The summed E-state index contributed by atoms with van der Waals surface area (Å²) in [5, 5.41) is 6.93. The lowest BCUT2D eigenvalue weighted by molar-refractivity contribution is 0.825. The van der Waals surface area contributed by atoms with E-state index in [-0.39, 0.29) is 0 Å². The zero-order valence-corrected chi connectivity index (χ0v) is 12.2. The summed E-state index contributed by atoms with van der Waals surface area (Å²) < 4.78 is 0.858. The van der Waals surface area contributed by atoms with E-state index >= 15 is 0 Å². The molecular formula is C15H16BrN3. The number of hydrogen-bond acceptors (Lipinski definition) is 3. The average Bonchev–Trinajstić information content (AvgIpc) is 2.47. The molecule has 1 aromatic heterocycles. The third-order valence-corrected chi connectivity index (χ3v) is 3.84. The molecule has 3 rings (SSSR count). The molecule has 3 nitrogen and oxygen atoms in total. The van der Waals surface area contributed by atoms with Crippen LogP contribution in [-0.4, -0.2) is 11.5 Å². The van der Waals surface area contributed by atoms with E-state index in [1.807, 2.05) is 18.3 Å². The molecule has 4 heteroatoms. The highest BCUT2D eigenvalue weighted by molar-refractivity contribution is 9.10. The number of fused-ring (bicyclic) bond motifs is 1. The molecule has 0 amide bonds. The number of pyridine rings is 1. The third kappa shape index (κ3) is 2.89. The molecule has 0 radical (unpaired) electrons. The minimum atomic E-state index is 0.819. The van der Waals surface area contributed by atoms with Crippen LogP contribution in [0.15, 0.2) is 41.1 Å². The van der Waals surface area contributed by atoms with E-state index in [0.29, 0.717) is 0 Å². The molecule has 0 saturated heterocycles. The lowest BCUT2D eigenvalue weighted by atomic mass is 9.99. The van der Waals surface area contributed by atoms with Crippen molar-refractivity contribution < 1.29 is 0 Å². The molecular weight excluding hydrogens is 302 g/mol. The average molecular weight is 318 g/mol. The zero-order chi connectivity index (χ0) is 13.1. The highest BCUT2D eigenvalue weighted by Crippen LogP contribution is 2.26. The lowest BCUT2D eigenvalue weighted by Gasteiger charge is -2.21. The van der Waals surface area contributed by atoms with E-state index in [4.69, 9.17) is 0 Å². The molecule has 2 heterocycles. The number of benzene rings is 1. The van der Waals surface area contributed by atoms with Gasteiger partial charge in [-0.3, -0.25) is 0 Å². The molecule has 1 aliphatic heterocycles. The molecule has 98 valence electrons. The quantitative estimate of drug-likeness (QED) is 0.845. The smallest absolute Gasteiger partial charge is 0.106 e.